The van der Waals surface area contributed by atoms with Gasteiger partial charge in [0.15, 0.2) is 0 Å². The number of pyridine rings is 1. The van der Waals surface area contributed by atoms with E-state index in [1.165, 1.54) is 6.07 Å². The third-order valence-electron chi connectivity index (χ3n) is 6.43. The van der Waals surface area contributed by atoms with E-state index in [0.717, 1.165) is 37.3 Å². The van der Waals surface area contributed by atoms with Crippen LogP contribution in [0.25, 0.3) is 44.0 Å². The van der Waals surface area contributed by atoms with Crippen LogP contribution in [-0.4, -0.2) is 63.3 Å². The highest BCUT2D eigenvalue weighted by Crippen LogP contribution is 2.40. The number of H-pyrrole nitrogens is 2. The highest BCUT2D eigenvalue weighted by atomic mass is 19.1. The number of hydrogen-bond acceptors (Lipinski definition) is 7. The summed E-state index contributed by atoms with van der Waals surface area (Å²) in [6, 6.07) is 4.99. The van der Waals surface area contributed by atoms with E-state index in [1.54, 1.807) is 24.7 Å². The number of nitrogen functional groups attached to an aromatic ring is 1. The molecular weight excluding hydrogens is 423 g/mol. The first kappa shape index (κ1) is 19.6. The van der Waals surface area contributed by atoms with E-state index in [0.29, 0.717) is 33.1 Å². The van der Waals surface area contributed by atoms with Gasteiger partial charge in [0, 0.05) is 54.9 Å². The number of halogens is 1. The molecule has 0 bridgehead atoms. The Bertz CT molecular complexity index is 1600. The maximum Gasteiger partial charge on any atom is 0.272 e. The normalized spacial score (nSPS) is 15.2. The minimum atomic E-state index is -0.433. The molecule has 1 aliphatic heterocycles. The number of nitrogens with one attached hydrogen (secondary N) is 2. The monoisotopic (exact) mass is 444 g/mol. The summed E-state index contributed by atoms with van der Waals surface area (Å²) in [5, 5.41) is 7.97. The van der Waals surface area contributed by atoms with E-state index >= 15 is 0 Å². The van der Waals surface area contributed by atoms with Crippen molar-refractivity contribution in [1.29, 1.82) is 0 Å². The van der Waals surface area contributed by atoms with Crippen LogP contribution in [-0.2, 0) is 0 Å². The predicted molar refractivity (Wildman–Crippen MR) is 127 cm³/mol. The van der Waals surface area contributed by atoms with Crippen LogP contribution >= 0.6 is 0 Å². The molecule has 9 nitrogen and oxygen atoms in total. The molecule has 5 aromatic rings. The van der Waals surface area contributed by atoms with Crippen molar-refractivity contribution in [3.05, 3.63) is 53.0 Å². The number of hydrogen-bond donors (Lipinski definition) is 3. The second-order valence-corrected chi connectivity index (χ2v) is 8.36. The molecule has 0 saturated carbocycles. The summed E-state index contributed by atoms with van der Waals surface area (Å²) in [7, 11) is 2.10. The largest absolute Gasteiger partial charge is 0.394 e. The van der Waals surface area contributed by atoms with E-state index < -0.39 is 11.4 Å². The first-order chi connectivity index (χ1) is 16.0. The lowest BCUT2D eigenvalue weighted by atomic mass is 9.95. The molecule has 1 saturated heterocycles. The Morgan fingerprint density at radius 2 is 1.79 bits per heavy atom. The zero-order valence-electron chi connectivity index (χ0n) is 17.9. The van der Waals surface area contributed by atoms with E-state index in [1.807, 2.05) is 6.07 Å². The van der Waals surface area contributed by atoms with Gasteiger partial charge in [-0.1, -0.05) is 6.07 Å². The molecule has 166 valence electrons. The Morgan fingerprint density at radius 3 is 2.58 bits per heavy atom. The predicted octanol–water partition coefficient (Wildman–Crippen LogP) is 2.49. The summed E-state index contributed by atoms with van der Waals surface area (Å²) < 4.78 is 14.4. The van der Waals surface area contributed by atoms with Crippen LogP contribution in [0.4, 0.5) is 15.8 Å². The van der Waals surface area contributed by atoms with Crippen LogP contribution < -0.4 is 16.2 Å². The van der Waals surface area contributed by atoms with Gasteiger partial charge in [-0.05, 0) is 24.7 Å². The Balaban J connectivity index is 1.73. The molecule has 0 unspecified atom stereocenters. The third kappa shape index (κ3) is 2.94. The Labute approximate surface area is 187 Å². The van der Waals surface area contributed by atoms with Crippen molar-refractivity contribution in [2.45, 2.75) is 0 Å². The molecule has 0 spiro atoms. The highest BCUT2D eigenvalue weighted by molar-refractivity contribution is 6.16. The smallest absolute Gasteiger partial charge is 0.272 e. The van der Waals surface area contributed by atoms with Gasteiger partial charge in [0.1, 0.15) is 28.1 Å². The molecule has 10 heteroatoms. The lowest BCUT2D eigenvalue weighted by molar-refractivity contribution is 0.313. The molecule has 0 radical (unpaired) electrons. The number of piperazine rings is 1. The number of anilines is 2. The average molecular weight is 444 g/mol. The summed E-state index contributed by atoms with van der Waals surface area (Å²) in [4.78, 5) is 29.5. The fourth-order valence-electron chi connectivity index (χ4n) is 4.68. The van der Waals surface area contributed by atoms with Crippen LogP contribution in [0.5, 0.6) is 0 Å². The zero-order valence-corrected chi connectivity index (χ0v) is 17.9. The van der Waals surface area contributed by atoms with E-state index in [4.69, 9.17) is 5.73 Å². The van der Waals surface area contributed by atoms with E-state index in [-0.39, 0.29) is 11.2 Å². The van der Waals surface area contributed by atoms with Crippen LogP contribution in [0.1, 0.15) is 0 Å². The van der Waals surface area contributed by atoms with Crippen LogP contribution in [0.2, 0.25) is 0 Å². The van der Waals surface area contributed by atoms with Crippen LogP contribution in [0.15, 0.2) is 41.6 Å². The van der Waals surface area contributed by atoms with Gasteiger partial charge in [0.2, 0.25) is 0 Å². The van der Waals surface area contributed by atoms with Gasteiger partial charge in [0.05, 0.1) is 17.4 Å². The minimum Gasteiger partial charge on any atom is -0.394 e. The standard InChI is InChI=1S/C23H21FN8O/c1-31-6-8-32(9-7-31)16-10-13-17(12-2-3-15(24)19-14(12)11-28-30-19)18(25)23(33)29-20(13)22-21(16)26-4-5-27-22/h2-5,10-11H,6-9,25H2,1H3,(H,28,30)(H,29,33). The molecule has 0 aliphatic carbocycles. The molecule has 2 aromatic carbocycles. The molecule has 0 amide bonds. The SMILES string of the molecule is CN1CCN(c2cc3c(-c4ccc(F)c5[nH]ncc45)c(N)c(=O)[nH]c3c3nccnc23)CC1. The van der Waals surface area contributed by atoms with Gasteiger partial charge in [-0.3, -0.25) is 19.9 Å². The number of likely N-dealkylation sites (N-methyl/N-ethyl adjacent to an activating group) is 1. The first-order valence-corrected chi connectivity index (χ1v) is 10.7. The van der Waals surface area contributed by atoms with Crippen molar-refractivity contribution in [2.75, 3.05) is 43.9 Å². The van der Waals surface area contributed by atoms with Crippen molar-refractivity contribution in [3.8, 4) is 11.1 Å². The highest BCUT2D eigenvalue weighted by Gasteiger charge is 2.23. The molecule has 3 aromatic heterocycles. The maximum atomic E-state index is 14.4. The van der Waals surface area contributed by atoms with E-state index in [2.05, 4.69) is 42.0 Å². The maximum absolute atomic E-state index is 14.4. The lowest BCUT2D eigenvalue weighted by Crippen LogP contribution is -2.44. The Morgan fingerprint density at radius 1 is 1.03 bits per heavy atom. The number of aromatic nitrogens is 5. The van der Waals surface area contributed by atoms with Gasteiger partial charge in [-0.15, -0.1) is 0 Å². The summed E-state index contributed by atoms with van der Waals surface area (Å²) in [6.07, 6.45) is 4.80. The van der Waals surface area contributed by atoms with Gasteiger partial charge in [-0.2, -0.15) is 5.10 Å². The van der Waals surface area contributed by atoms with Gasteiger partial charge >= 0.3 is 0 Å². The average Bonchev–Trinajstić information content (AvgIpc) is 3.32. The Kier molecular flexibility index (Phi) is 4.31. The summed E-state index contributed by atoms with van der Waals surface area (Å²) in [5.41, 5.74) is 10.2. The molecule has 4 heterocycles. The van der Waals surface area contributed by atoms with E-state index in [9.17, 15) is 9.18 Å². The molecule has 0 atom stereocenters. The number of nitrogens with zero attached hydrogens (tertiary/aromatic N) is 5. The molecular formula is C23H21FN8O. The van der Waals surface area contributed by atoms with Crippen molar-refractivity contribution in [2.24, 2.45) is 0 Å². The molecule has 1 fully saturated rings. The number of aromatic amines is 2. The zero-order chi connectivity index (χ0) is 22.7. The van der Waals surface area contributed by atoms with Crippen molar-refractivity contribution in [3.63, 3.8) is 0 Å². The topological polar surface area (TPSA) is 120 Å². The van der Waals surface area contributed by atoms with Crippen molar-refractivity contribution >= 4 is 44.2 Å². The number of benzene rings is 2. The molecule has 1 aliphatic rings. The fraction of sp³-hybridized carbons (Fsp3) is 0.217. The first-order valence-electron chi connectivity index (χ1n) is 10.7. The molecule has 6 rings (SSSR count). The second kappa shape index (κ2) is 7.24. The van der Waals surface area contributed by atoms with Crippen molar-refractivity contribution in [1.82, 2.24) is 30.0 Å². The minimum absolute atomic E-state index is 0.0594. The Hall–Kier alpha value is -4.05. The van der Waals surface area contributed by atoms with Gasteiger partial charge < -0.3 is 20.5 Å². The summed E-state index contributed by atoms with van der Waals surface area (Å²) in [5.74, 6) is -0.423. The van der Waals surface area contributed by atoms with Gasteiger partial charge in [0.25, 0.3) is 5.56 Å². The summed E-state index contributed by atoms with van der Waals surface area (Å²) in [6.45, 7) is 3.52. The van der Waals surface area contributed by atoms with Crippen LogP contribution in [0.3, 0.4) is 0 Å². The van der Waals surface area contributed by atoms with Gasteiger partial charge in [-0.25, -0.2) is 4.39 Å². The lowest BCUT2D eigenvalue weighted by Gasteiger charge is -2.34. The summed E-state index contributed by atoms with van der Waals surface area (Å²) >= 11 is 0. The third-order valence-corrected chi connectivity index (χ3v) is 6.43. The van der Waals surface area contributed by atoms with Crippen molar-refractivity contribution < 1.29 is 4.39 Å². The molecule has 4 N–H and O–H groups in total. The number of rotatable bonds is 2. The fourth-order valence-corrected chi connectivity index (χ4v) is 4.68. The number of nitrogens with two attached hydrogens (primary N) is 1. The molecule has 33 heavy (non-hydrogen) atoms. The second-order valence-electron chi connectivity index (χ2n) is 8.36. The van der Waals surface area contributed by atoms with Crippen LogP contribution in [0, 0.1) is 5.82 Å². The quantitative estimate of drug-likeness (QED) is 0.358. The number of fused-ring (bicyclic) bond motifs is 4.